The normalized spacial score (nSPS) is 22.7. The maximum absolute atomic E-state index is 12.9. The Balaban J connectivity index is 1.48. The van der Waals surface area contributed by atoms with Crippen LogP contribution in [-0.4, -0.2) is 43.2 Å². The van der Waals surface area contributed by atoms with Crippen LogP contribution in [0.5, 0.6) is 0 Å². The molecule has 4 rings (SSSR count). The van der Waals surface area contributed by atoms with Crippen LogP contribution >= 0.6 is 0 Å². The minimum Gasteiger partial charge on any atom is -0.481 e. The number of fused-ring (bicyclic) bond motifs is 1. The highest BCUT2D eigenvalue weighted by molar-refractivity contribution is 5.80. The Morgan fingerprint density at radius 1 is 1.04 bits per heavy atom. The zero-order valence-electron chi connectivity index (χ0n) is 14.5. The molecule has 0 radical (unpaired) electrons. The van der Waals surface area contributed by atoms with E-state index in [0.29, 0.717) is 32.5 Å². The predicted octanol–water partition coefficient (Wildman–Crippen LogP) is 2.18. The van der Waals surface area contributed by atoms with Crippen molar-refractivity contribution in [3.8, 4) is 11.4 Å². The van der Waals surface area contributed by atoms with Crippen molar-refractivity contribution in [2.45, 2.75) is 38.8 Å². The van der Waals surface area contributed by atoms with Crippen molar-refractivity contribution in [2.75, 3.05) is 6.54 Å². The van der Waals surface area contributed by atoms with E-state index < -0.39 is 11.9 Å². The van der Waals surface area contributed by atoms with E-state index in [0.717, 1.165) is 30.1 Å². The molecule has 2 aromatic rings. The standard InChI is InChI=1S/C19H22N4O3/c24-18(14-7-4-8-15(11-14)19(25)26)22-9-10-23-16(12-22)20-21-17(23)13-5-2-1-3-6-13/h1-3,5-6,14-15H,4,7-12H2,(H,25,26). The molecule has 0 bridgehead atoms. The average molecular weight is 354 g/mol. The molecule has 1 aromatic carbocycles. The van der Waals surface area contributed by atoms with Crippen LogP contribution in [0.15, 0.2) is 30.3 Å². The Bertz CT molecular complexity index is 817. The van der Waals surface area contributed by atoms with E-state index in [1.165, 1.54) is 0 Å². The van der Waals surface area contributed by atoms with Crippen molar-refractivity contribution in [3.63, 3.8) is 0 Å². The second kappa shape index (κ2) is 6.90. The van der Waals surface area contributed by atoms with E-state index in [9.17, 15) is 14.7 Å². The zero-order chi connectivity index (χ0) is 18.1. The summed E-state index contributed by atoms with van der Waals surface area (Å²) in [6, 6.07) is 9.91. The van der Waals surface area contributed by atoms with Gasteiger partial charge in [0.2, 0.25) is 5.91 Å². The van der Waals surface area contributed by atoms with Gasteiger partial charge in [0.1, 0.15) is 0 Å². The second-order valence-electron chi connectivity index (χ2n) is 7.12. The summed E-state index contributed by atoms with van der Waals surface area (Å²) < 4.78 is 2.07. The van der Waals surface area contributed by atoms with Crippen LogP contribution in [0.3, 0.4) is 0 Å². The van der Waals surface area contributed by atoms with Crippen LogP contribution in [0, 0.1) is 11.8 Å². The first-order chi connectivity index (χ1) is 12.6. The molecule has 1 aromatic heterocycles. The largest absolute Gasteiger partial charge is 0.481 e. The summed E-state index contributed by atoms with van der Waals surface area (Å²) in [5.41, 5.74) is 1.02. The van der Waals surface area contributed by atoms with Gasteiger partial charge in [-0.05, 0) is 19.3 Å². The third-order valence-electron chi connectivity index (χ3n) is 5.47. The Kier molecular flexibility index (Phi) is 4.44. The lowest BCUT2D eigenvalue weighted by Gasteiger charge is -2.33. The first kappa shape index (κ1) is 16.8. The van der Waals surface area contributed by atoms with Crippen LogP contribution in [-0.2, 0) is 22.7 Å². The van der Waals surface area contributed by atoms with Gasteiger partial charge in [-0.15, -0.1) is 10.2 Å². The maximum atomic E-state index is 12.9. The maximum Gasteiger partial charge on any atom is 0.306 e. The lowest BCUT2D eigenvalue weighted by Crippen LogP contribution is -2.43. The molecular weight excluding hydrogens is 332 g/mol. The molecule has 2 heterocycles. The van der Waals surface area contributed by atoms with Crippen LogP contribution in [0.2, 0.25) is 0 Å². The Labute approximate surface area is 151 Å². The van der Waals surface area contributed by atoms with Gasteiger partial charge in [0.25, 0.3) is 0 Å². The lowest BCUT2D eigenvalue weighted by molar-refractivity contribution is -0.146. The number of hydrogen-bond donors (Lipinski definition) is 1. The van der Waals surface area contributed by atoms with Crippen LogP contribution in [0.4, 0.5) is 0 Å². The fourth-order valence-corrected chi connectivity index (χ4v) is 4.04. The minimum atomic E-state index is -0.784. The summed E-state index contributed by atoms with van der Waals surface area (Å²) >= 11 is 0. The van der Waals surface area contributed by atoms with Crippen molar-refractivity contribution in [2.24, 2.45) is 11.8 Å². The Morgan fingerprint density at radius 3 is 2.58 bits per heavy atom. The predicted molar refractivity (Wildman–Crippen MR) is 94.0 cm³/mol. The molecule has 2 aliphatic rings. The number of carbonyl (C=O) groups excluding carboxylic acids is 1. The number of aliphatic carboxylic acids is 1. The summed E-state index contributed by atoms with van der Waals surface area (Å²) in [6.07, 6.45) is 2.71. The summed E-state index contributed by atoms with van der Waals surface area (Å²) in [5.74, 6) is 0.314. The van der Waals surface area contributed by atoms with Gasteiger partial charge in [-0.1, -0.05) is 36.8 Å². The van der Waals surface area contributed by atoms with Crippen molar-refractivity contribution >= 4 is 11.9 Å². The Hall–Kier alpha value is -2.70. The fraction of sp³-hybridized carbons (Fsp3) is 0.474. The topological polar surface area (TPSA) is 88.3 Å². The highest BCUT2D eigenvalue weighted by Gasteiger charge is 2.35. The van der Waals surface area contributed by atoms with Crippen molar-refractivity contribution < 1.29 is 14.7 Å². The molecule has 1 N–H and O–H groups in total. The molecule has 2 atom stereocenters. The minimum absolute atomic E-state index is 0.0615. The number of nitrogens with zero attached hydrogens (tertiary/aromatic N) is 4. The molecule has 7 nitrogen and oxygen atoms in total. The molecule has 1 amide bonds. The van der Waals surface area contributed by atoms with Gasteiger partial charge >= 0.3 is 5.97 Å². The van der Waals surface area contributed by atoms with E-state index in [4.69, 9.17) is 0 Å². The molecule has 1 aliphatic heterocycles. The number of benzene rings is 1. The summed E-state index contributed by atoms with van der Waals surface area (Å²) in [4.78, 5) is 26.0. The average Bonchev–Trinajstić information content (AvgIpc) is 3.11. The number of carboxylic acids is 1. The first-order valence-electron chi connectivity index (χ1n) is 9.12. The van der Waals surface area contributed by atoms with E-state index in [2.05, 4.69) is 14.8 Å². The lowest BCUT2D eigenvalue weighted by atomic mass is 9.80. The number of amides is 1. The van der Waals surface area contributed by atoms with Gasteiger partial charge in [0.05, 0.1) is 12.5 Å². The molecule has 7 heteroatoms. The molecule has 26 heavy (non-hydrogen) atoms. The zero-order valence-corrected chi connectivity index (χ0v) is 14.5. The third kappa shape index (κ3) is 3.09. The second-order valence-corrected chi connectivity index (χ2v) is 7.12. The van der Waals surface area contributed by atoms with E-state index in [1.54, 1.807) is 0 Å². The molecule has 1 fully saturated rings. The molecule has 0 saturated heterocycles. The first-order valence-corrected chi connectivity index (χ1v) is 9.12. The SMILES string of the molecule is O=C(O)C1CCCC(C(=O)N2CCn3c(nnc3-c3ccccc3)C2)C1. The molecule has 136 valence electrons. The molecule has 0 spiro atoms. The third-order valence-corrected chi connectivity index (χ3v) is 5.47. The molecule has 1 saturated carbocycles. The number of carbonyl (C=O) groups is 2. The number of rotatable bonds is 3. The summed E-state index contributed by atoms with van der Waals surface area (Å²) in [5, 5.41) is 17.8. The highest BCUT2D eigenvalue weighted by atomic mass is 16.4. The van der Waals surface area contributed by atoms with Crippen molar-refractivity contribution in [1.82, 2.24) is 19.7 Å². The molecule has 2 unspecified atom stereocenters. The quantitative estimate of drug-likeness (QED) is 0.913. The Morgan fingerprint density at radius 2 is 1.81 bits per heavy atom. The number of aromatic nitrogens is 3. The summed E-state index contributed by atoms with van der Waals surface area (Å²) in [7, 11) is 0. The highest BCUT2D eigenvalue weighted by Crippen LogP contribution is 2.31. The number of carboxylic acid groups (broad SMARTS) is 1. The van der Waals surface area contributed by atoms with E-state index >= 15 is 0 Å². The number of hydrogen-bond acceptors (Lipinski definition) is 4. The van der Waals surface area contributed by atoms with Gasteiger partial charge in [-0.25, -0.2) is 0 Å². The van der Waals surface area contributed by atoms with Crippen molar-refractivity contribution in [3.05, 3.63) is 36.2 Å². The van der Waals surface area contributed by atoms with Gasteiger partial charge in [-0.3, -0.25) is 9.59 Å². The van der Waals surface area contributed by atoms with Crippen molar-refractivity contribution in [1.29, 1.82) is 0 Å². The van der Waals surface area contributed by atoms with E-state index in [1.807, 2.05) is 35.2 Å². The van der Waals surface area contributed by atoms with Gasteiger partial charge in [-0.2, -0.15) is 0 Å². The smallest absolute Gasteiger partial charge is 0.306 e. The molecule has 1 aliphatic carbocycles. The van der Waals surface area contributed by atoms with E-state index in [-0.39, 0.29) is 11.8 Å². The van der Waals surface area contributed by atoms with Crippen LogP contribution < -0.4 is 0 Å². The van der Waals surface area contributed by atoms with Crippen LogP contribution in [0.25, 0.3) is 11.4 Å². The van der Waals surface area contributed by atoms with Gasteiger partial charge in [0.15, 0.2) is 11.6 Å². The van der Waals surface area contributed by atoms with Gasteiger partial charge in [0, 0.05) is 24.6 Å². The molecular formula is C19H22N4O3. The summed E-state index contributed by atoms with van der Waals surface area (Å²) in [6.45, 7) is 1.71. The fourth-order valence-electron chi connectivity index (χ4n) is 4.04. The van der Waals surface area contributed by atoms with Gasteiger partial charge < -0.3 is 14.6 Å². The van der Waals surface area contributed by atoms with Crippen LogP contribution in [0.1, 0.15) is 31.5 Å². The monoisotopic (exact) mass is 354 g/mol.